The highest BCUT2D eigenvalue weighted by atomic mass is 32.2. The van der Waals surface area contributed by atoms with Crippen LogP contribution in [0.2, 0.25) is 0 Å². The summed E-state index contributed by atoms with van der Waals surface area (Å²) in [5.74, 6) is 0. The maximum atomic E-state index is 12.7. The van der Waals surface area contributed by atoms with E-state index in [1.165, 1.54) is 11.8 Å². The van der Waals surface area contributed by atoms with Gasteiger partial charge >= 0.3 is 0 Å². The summed E-state index contributed by atoms with van der Waals surface area (Å²) in [5, 5.41) is 10.1. The van der Waals surface area contributed by atoms with E-state index in [9.17, 15) is 13.5 Å². The summed E-state index contributed by atoms with van der Waals surface area (Å²) in [7, 11) is -1.75. The van der Waals surface area contributed by atoms with Crippen LogP contribution in [0.3, 0.4) is 0 Å². The third-order valence-electron chi connectivity index (χ3n) is 4.18. The molecular weight excluding hydrogens is 346 g/mol. The van der Waals surface area contributed by atoms with Crippen LogP contribution < -0.4 is 4.72 Å². The molecule has 3 rings (SSSR count). The Labute approximate surface area is 146 Å². The molecule has 0 aliphatic heterocycles. The monoisotopic (exact) mass is 367 g/mol. The van der Waals surface area contributed by atoms with Gasteiger partial charge in [-0.25, -0.2) is 13.4 Å². The Bertz CT molecular complexity index is 804. The molecule has 2 atom stereocenters. The number of hydrogen-bond acceptors (Lipinski definition) is 5. The van der Waals surface area contributed by atoms with E-state index < -0.39 is 21.4 Å². The Balaban J connectivity index is 1.83. The molecule has 2 aromatic rings. The SMILES string of the molecule is Cn1ccnc1Sc1ccccc1NS(=O)(=O)C1CCCCC1O. The number of aromatic nitrogens is 2. The van der Waals surface area contributed by atoms with Crippen molar-refractivity contribution in [1.29, 1.82) is 0 Å². The van der Waals surface area contributed by atoms with Crippen LogP contribution in [0, 0.1) is 0 Å². The molecule has 1 aliphatic rings. The highest BCUT2D eigenvalue weighted by Crippen LogP contribution is 2.34. The van der Waals surface area contributed by atoms with Crippen LogP contribution in [-0.2, 0) is 17.1 Å². The van der Waals surface area contributed by atoms with Crippen molar-refractivity contribution in [2.75, 3.05) is 4.72 Å². The van der Waals surface area contributed by atoms with E-state index in [-0.39, 0.29) is 0 Å². The molecule has 0 radical (unpaired) electrons. The summed E-state index contributed by atoms with van der Waals surface area (Å²) in [6.07, 6.45) is 5.47. The predicted molar refractivity (Wildman–Crippen MR) is 94.6 cm³/mol. The Kier molecular flexibility index (Phi) is 5.17. The summed E-state index contributed by atoms with van der Waals surface area (Å²) < 4.78 is 29.9. The summed E-state index contributed by atoms with van der Waals surface area (Å²) in [6, 6.07) is 7.24. The van der Waals surface area contributed by atoms with Crippen LogP contribution in [0.1, 0.15) is 25.7 Å². The summed E-state index contributed by atoms with van der Waals surface area (Å²) in [6.45, 7) is 0. The van der Waals surface area contributed by atoms with Crippen LogP contribution in [0.5, 0.6) is 0 Å². The van der Waals surface area contributed by atoms with Gasteiger partial charge in [-0.2, -0.15) is 0 Å². The van der Waals surface area contributed by atoms with Crippen LogP contribution in [0.25, 0.3) is 0 Å². The second-order valence-corrected chi connectivity index (χ2v) is 8.87. The van der Waals surface area contributed by atoms with Gasteiger partial charge in [0.1, 0.15) is 5.25 Å². The molecule has 24 heavy (non-hydrogen) atoms. The predicted octanol–water partition coefficient (Wildman–Crippen LogP) is 2.62. The molecule has 1 saturated carbocycles. The lowest BCUT2D eigenvalue weighted by Crippen LogP contribution is -2.40. The van der Waals surface area contributed by atoms with Crippen molar-refractivity contribution < 1.29 is 13.5 Å². The minimum absolute atomic E-state index is 0.491. The van der Waals surface area contributed by atoms with Gasteiger partial charge in [-0.1, -0.05) is 25.0 Å². The Hall–Kier alpha value is -1.51. The molecule has 0 bridgehead atoms. The van der Waals surface area contributed by atoms with E-state index in [0.717, 1.165) is 22.9 Å². The van der Waals surface area contributed by atoms with Gasteiger partial charge in [0.25, 0.3) is 0 Å². The van der Waals surface area contributed by atoms with Crippen LogP contribution in [-0.4, -0.2) is 34.4 Å². The first-order valence-corrected chi connectivity index (χ1v) is 10.3. The molecular formula is C16H21N3O3S2. The molecule has 0 amide bonds. The van der Waals surface area contributed by atoms with Crippen LogP contribution >= 0.6 is 11.8 Å². The molecule has 130 valence electrons. The maximum Gasteiger partial charge on any atom is 0.238 e. The average Bonchev–Trinajstić information content (AvgIpc) is 2.94. The largest absolute Gasteiger partial charge is 0.392 e. The van der Waals surface area contributed by atoms with Gasteiger partial charge in [0.15, 0.2) is 5.16 Å². The highest BCUT2D eigenvalue weighted by Gasteiger charge is 2.34. The fourth-order valence-electron chi connectivity index (χ4n) is 2.86. The van der Waals surface area contributed by atoms with E-state index in [1.807, 2.05) is 29.9 Å². The number of hydrogen-bond donors (Lipinski definition) is 2. The number of para-hydroxylation sites is 1. The molecule has 0 spiro atoms. The van der Waals surface area contributed by atoms with E-state index in [1.54, 1.807) is 18.3 Å². The molecule has 1 aromatic heterocycles. The molecule has 0 saturated heterocycles. The Morgan fingerprint density at radius 3 is 2.75 bits per heavy atom. The lowest BCUT2D eigenvalue weighted by molar-refractivity contribution is 0.133. The molecule has 8 heteroatoms. The number of nitrogens with zero attached hydrogens (tertiary/aromatic N) is 2. The van der Waals surface area contributed by atoms with Crippen molar-refractivity contribution in [3.8, 4) is 0 Å². The van der Waals surface area contributed by atoms with E-state index in [4.69, 9.17) is 0 Å². The van der Waals surface area contributed by atoms with Gasteiger partial charge in [0, 0.05) is 24.3 Å². The first kappa shape index (κ1) is 17.3. The molecule has 1 heterocycles. The second kappa shape index (κ2) is 7.16. The van der Waals surface area contributed by atoms with Gasteiger partial charge < -0.3 is 9.67 Å². The van der Waals surface area contributed by atoms with Gasteiger partial charge in [-0.3, -0.25) is 4.72 Å². The zero-order valence-electron chi connectivity index (χ0n) is 13.4. The third kappa shape index (κ3) is 3.76. The summed E-state index contributed by atoms with van der Waals surface area (Å²) >= 11 is 1.40. The van der Waals surface area contributed by atoms with Crippen molar-refractivity contribution in [3.05, 3.63) is 36.7 Å². The topological polar surface area (TPSA) is 84.2 Å². The summed E-state index contributed by atoms with van der Waals surface area (Å²) in [5.41, 5.74) is 0.517. The van der Waals surface area contributed by atoms with E-state index in [2.05, 4.69) is 9.71 Å². The van der Waals surface area contributed by atoms with Crippen molar-refractivity contribution in [2.24, 2.45) is 7.05 Å². The Morgan fingerprint density at radius 1 is 1.29 bits per heavy atom. The summed E-state index contributed by atoms with van der Waals surface area (Å²) in [4.78, 5) is 5.04. The number of nitrogens with one attached hydrogen (secondary N) is 1. The van der Waals surface area contributed by atoms with Crippen molar-refractivity contribution in [3.63, 3.8) is 0 Å². The number of anilines is 1. The first-order chi connectivity index (χ1) is 11.5. The number of aryl methyl sites for hydroxylation is 1. The molecule has 6 nitrogen and oxygen atoms in total. The third-order valence-corrected chi connectivity index (χ3v) is 7.19. The van der Waals surface area contributed by atoms with Crippen molar-refractivity contribution >= 4 is 27.5 Å². The lowest BCUT2D eigenvalue weighted by Gasteiger charge is -2.27. The van der Waals surface area contributed by atoms with Gasteiger partial charge in [0.2, 0.25) is 10.0 Å². The first-order valence-electron chi connectivity index (χ1n) is 7.91. The molecule has 2 N–H and O–H groups in total. The highest BCUT2D eigenvalue weighted by molar-refractivity contribution is 7.99. The minimum Gasteiger partial charge on any atom is -0.392 e. The van der Waals surface area contributed by atoms with Crippen LogP contribution in [0.4, 0.5) is 5.69 Å². The lowest BCUT2D eigenvalue weighted by atomic mass is 9.97. The Morgan fingerprint density at radius 2 is 2.04 bits per heavy atom. The van der Waals surface area contributed by atoms with E-state index in [0.29, 0.717) is 18.5 Å². The smallest absolute Gasteiger partial charge is 0.238 e. The standard InChI is InChI=1S/C16H21N3O3S2/c1-19-11-10-17-16(19)23-14-8-4-2-6-12(14)18-24(21,22)15-9-5-3-7-13(15)20/h2,4,6,8,10-11,13,15,18,20H,3,5,7,9H2,1H3. The maximum absolute atomic E-state index is 12.7. The fraction of sp³-hybridized carbons (Fsp3) is 0.438. The number of imidazole rings is 1. The van der Waals surface area contributed by atoms with Crippen molar-refractivity contribution in [2.45, 2.75) is 47.1 Å². The van der Waals surface area contributed by atoms with E-state index >= 15 is 0 Å². The number of sulfonamides is 1. The average molecular weight is 367 g/mol. The number of rotatable bonds is 5. The number of aliphatic hydroxyl groups is 1. The zero-order chi connectivity index (χ0) is 17.2. The van der Waals surface area contributed by atoms with Gasteiger partial charge in [-0.15, -0.1) is 0 Å². The number of aliphatic hydroxyl groups excluding tert-OH is 1. The molecule has 1 fully saturated rings. The fourth-order valence-corrected chi connectivity index (χ4v) is 5.47. The van der Waals surface area contributed by atoms with Gasteiger partial charge in [-0.05, 0) is 36.7 Å². The van der Waals surface area contributed by atoms with Crippen LogP contribution in [0.15, 0.2) is 46.7 Å². The number of benzene rings is 1. The van der Waals surface area contributed by atoms with Crippen molar-refractivity contribution in [1.82, 2.24) is 9.55 Å². The quantitative estimate of drug-likeness (QED) is 0.849. The molecule has 2 unspecified atom stereocenters. The van der Waals surface area contributed by atoms with Gasteiger partial charge in [0.05, 0.1) is 11.8 Å². The second-order valence-electron chi connectivity index (χ2n) is 5.96. The molecule has 1 aromatic carbocycles. The normalized spacial score (nSPS) is 21.6. The molecule has 1 aliphatic carbocycles. The minimum atomic E-state index is -3.64. The zero-order valence-corrected chi connectivity index (χ0v) is 15.1.